The molecular formula is C17H19N3O2. The molecule has 1 saturated heterocycles. The van der Waals surface area contributed by atoms with Crippen molar-refractivity contribution in [1.29, 1.82) is 0 Å². The Morgan fingerprint density at radius 2 is 1.95 bits per heavy atom. The summed E-state index contributed by atoms with van der Waals surface area (Å²) in [7, 11) is 0. The van der Waals surface area contributed by atoms with E-state index in [2.05, 4.69) is 28.4 Å². The minimum atomic E-state index is -0.435. The van der Waals surface area contributed by atoms with Gasteiger partial charge in [0, 0.05) is 17.6 Å². The van der Waals surface area contributed by atoms with Gasteiger partial charge in [-0.1, -0.05) is 36.4 Å². The van der Waals surface area contributed by atoms with Crippen molar-refractivity contribution in [3.05, 3.63) is 42.5 Å². The number of nitrogens with one attached hydrogen (secondary N) is 1. The van der Waals surface area contributed by atoms with Crippen LogP contribution in [0.1, 0.15) is 12.8 Å². The number of hydrogen-bond donors (Lipinski definition) is 2. The number of amides is 2. The lowest BCUT2D eigenvalue weighted by molar-refractivity contribution is -0.130. The van der Waals surface area contributed by atoms with E-state index in [9.17, 15) is 9.59 Å². The summed E-state index contributed by atoms with van der Waals surface area (Å²) in [5, 5.41) is 4.64. The topological polar surface area (TPSA) is 75.4 Å². The van der Waals surface area contributed by atoms with Crippen molar-refractivity contribution in [2.45, 2.75) is 18.9 Å². The second kappa shape index (κ2) is 6.15. The first-order chi connectivity index (χ1) is 10.7. The van der Waals surface area contributed by atoms with E-state index in [1.807, 2.05) is 24.3 Å². The van der Waals surface area contributed by atoms with E-state index in [-0.39, 0.29) is 18.5 Å². The molecule has 0 aliphatic carbocycles. The van der Waals surface area contributed by atoms with Crippen LogP contribution in [0.5, 0.6) is 0 Å². The molecule has 3 rings (SSSR count). The van der Waals surface area contributed by atoms with Crippen molar-refractivity contribution in [3.63, 3.8) is 0 Å². The maximum Gasteiger partial charge on any atom is 0.249 e. The van der Waals surface area contributed by atoms with Gasteiger partial charge in [-0.15, -0.1) is 0 Å². The zero-order chi connectivity index (χ0) is 15.5. The molecule has 1 aliphatic heterocycles. The lowest BCUT2D eigenvalue weighted by atomic mass is 10.1. The number of imide groups is 1. The summed E-state index contributed by atoms with van der Waals surface area (Å²) in [5.41, 5.74) is 6.30. The summed E-state index contributed by atoms with van der Waals surface area (Å²) in [6.07, 6.45) is 1.67. The van der Waals surface area contributed by atoms with Gasteiger partial charge in [0.1, 0.15) is 6.04 Å². The molecular weight excluding hydrogens is 278 g/mol. The molecule has 22 heavy (non-hydrogen) atoms. The molecule has 0 saturated carbocycles. The number of hydrogen-bond acceptors (Lipinski definition) is 4. The monoisotopic (exact) mass is 297 g/mol. The zero-order valence-corrected chi connectivity index (χ0v) is 12.3. The number of carbonyl (C=O) groups is 2. The van der Waals surface area contributed by atoms with Crippen LogP contribution in [-0.4, -0.2) is 30.9 Å². The molecule has 0 radical (unpaired) electrons. The van der Waals surface area contributed by atoms with Crippen LogP contribution in [0.3, 0.4) is 0 Å². The van der Waals surface area contributed by atoms with Gasteiger partial charge in [-0.2, -0.15) is 0 Å². The molecule has 1 aliphatic rings. The smallest absolute Gasteiger partial charge is 0.249 e. The highest BCUT2D eigenvalue weighted by Gasteiger charge is 2.32. The van der Waals surface area contributed by atoms with E-state index >= 15 is 0 Å². The van der Waals surface area contributed by atoms with E-state index in [1.165, 1.54) is 0 Å². The maximum atomic E-state index is 12.3. The standard InChI is InChI=1S/C17H19N3O2/c18-11-16(21)19-17(22)15-9-4-10-20(15)14-8-3-6-12-5-1-2-7-13(12)14/h1-3,5-8,15H,4,9-11,18H2,(H,19,21,22). The van der Waals surface area contributed by atoms with Crippen molar-refractivity contribution < 1.29 is 9.59 Å². The molecule has 0 bridgehead atoms. The third-order valence-corrected chi connectivity index (χ3v) is 4.08. The first-order valence-corrected chi connectivity index (χ1v) is 7.49. The molecule has 0 aromatic heterocycles. The van der Waals surface area contributed by atoms with E-state index < -0.39 is 5.91 Å². The van der Waals surface area contributed by atoms with Crippen molar-refractivity contribution in [3.8, 4) is 0 Å². The van der Waals surface area contributed by atoms with Crippen LogP contribution in [0.15, 0.2) is 42.5 Å². The summed E-state index contributed by atoms with van der Waals surface area (Å²) in [5.74, 6) is -0.698. The predicted molar refractivity (Wildman–Crippen MR) is 86.5 cm³/mol. The van der Waals surface area contributed by atoms with Crippen LogP contribution in [0.4, 0.5) is 5.69 Å². The molecule has 2 aromatic rings. The van der Waals surface area contributed by atoms with E-state index in [4.69, 9.17) is 5.73 Å². The Morgan fingerprint density at radius 3 is 2.77 bits per heavy atom. The fourth-order valence-electron chi connectivity index (χ4n) is 3.06. The second-order valence-corrected chi connectivity index (χ2v) is 5.47. The molecule has 1 heterocycles. The third kappa shape index (κ3) is 2.67. The van der Waals surface area contributed by atoms with Crippen molar-refractivity contribution >= 4 is 28.3 Å². The molecule has 1 unspecified atom stereocenters. The van der Waals surface area contributed by atoms with E-state index in [0.717, 1.165) is 35.8 Å². The molecule has 114 valence electrons. The number of rotatable bonds is 3. The molecule has 5 nitrogen and oxygen atoms in total. The molecule has 1 atom stereocenters. The second-order valence-electron chi connectivity index (χ2n) is 5.47. The Balaban J connectivity index is 1.92. The summed E-state index contributed by atoms with van der Waals surface area (Å²) in [6, 6.07) is 13.9. The average Bonchev–Trinajstić information content (AvgIpc) is 3.03. The van der Waals surface area contributed by atoms with Crippen LogP contribution in [0.2, 0.25) is 0 Å². The first-order valence-electron chi connectivity index (χ1n) is 7.49. The Hall–Kier alpha value is -2.40. The first kappa shape index (κ1) is 14.5. The highest BCUT2D eigenvalue weighted by Crippen LogP contribution is 2.32. The fourth-order valence-corrected chi connectivity index (χ4v) is 3.06. The Labute approximate surface area is 129 Å². The Kier molecular flexibility index (Phi) is 4.06. The van der Waals surface area contributed by atoms with Gasteiger partial charge in [-0.25, -0.2) is 0 Å². The molecule has 3 N–H and O–H groups in total. The highest BCUT2D eigenvalue weighted by atomic mass is 16.2. The van der Waals surface area contributed by atoms with E-state index in [1.54, 1.807) is 0 Å². The molecule has 2 amide bonds. The van der Waals surface area contributed by atoms with Gasteiger partial charge >= 0.3 is 0 Å². The van der Waals surface area contributed by atoms with Gasteiger partial charge in [0.2, 0.25) is 11.8 Å². The molecule has 5 heteroatoms. The highest BCUT2D eigenvalue weighted by molar-refractivity contribution is 6.02. The van der Waals surface area contributed by atoms with Crippen LogP contribution >= 0.6 is 0 Å². The third-order valence-electron chi connectivity index (χ3n) is 4.08. The van der Waals surface area contributed by atoms with Gasteiger partial charge < -0.3 is 10.6 Å². The van der Waals surface area contributed by atoms with Crippen molar-refractivity contribution in [2.24, 2.45) is 5.73 Å². The van der Waals surface area contributed by atoms with Gasteiger partial charge in [0.15, 0.2) is 0 Å². The normalized spacial score (nSPS) is 17.7. The van der Waals surface area contributed by atoms with Gasteiger partial charge in [-0.05, 0) is 24.3 Å². The Bertz CT molecular complexity index is 709. The number of carbonyl (C=O) groups excluding carboxylic acids is 2. The number of anilines is 1. The molecule has 0 spiro atoms. The van der Waals surface area contributed by atoms with Gasteiger partial charge in [0.25, 0.3) is 0 Å². The van der Waals surface area contributed by atoms with Crippen LogP contribution in [0, 0.1) is 0 Å². The number of benzene rings is 2. The minimum Gasteiger partial charge on any atom is -0.359 e. The van der Waals surface area contributed by atoms with Crippen molar-refractivity contribution in [2.75, 3.05) is 18.0 Å². The summed E-state index contributed by atoms with van der Waals surface area (Å²) in [4.78, 5) is 25.7. The average molecular weight is 297 g/mol. The van der Waals surface area contributed by atoms with Gasteiger partial charge in [0.05, 0.1) is 6.54 Å². The van der Waals surface area contributed by atoms with E-state index in [0.29, 0.717) is 0 Å². The van der Waals surface area contributed by atoms with Crippen molar-refractivity contribution in [1.82, 2.24) is 5.32 Å². The number of nitrogens with zero attached hydrogens (tertiary/aromatic N) is 1. The zero-order valence-electron chi connectivity index (χ0n) is 12.3. The maximum absolute atomic E-state index is 12.3. The summed E-state index contributed by atoms with van der Waals surface area (Å²) >= 11 is 0. The Morgan fingerprint density at radius 1 is 1.18 bits per heavy atom. The van der Waals surface area contributed by atoms with Gasteiger partial charge in [-0.3, -0.25) is 14.9 Å². The molecule has 1 fully saturated rings. The molecule has 2 aromatic carbocycles. The lowest BCUT2D eigenvalue weighted by Crippen LogP contribution is -2.47. The minimum absolute atomic E-state index is 0.174. The summed E-state index contributed by atoms with van der Waals surface area (Å²) in [6.45, 7) is 0.635. The number of fused-ring (bicyclic) bond motifs is 1. The predicted octanol–water partition coefficient (Wildman–Crippen LogP) is 1.41. The van der Waals surface area contributed by atoms with Crippen LogP contribution in [-0.2, 0) is 9.59 Å². The van der Waals surface area contributed by atoms with Crippen LogP contribution < -0.4 is 16.0 Å². The largest absolute Gasteiger partial charge is 0.359 e. The quantitative estimate of drug-likeness (QED) is 0.898. The fraction of sp³-hybridized carbons (Fsp3) is 0.294. The lowest BCUT2D eigenvalue weighted by Gasteiger charge is -2.27. The summed E-state index contributed by atoms with van der Waals surface area (Å²) < 4.78 is 0. The number of nitrogens with two attached hydrogens (primary N) is 1. The SMILES string of the molecule is NCC(=O)NC(=O)C1CCCN1c1cccc2ccccc12. The van der Waals surface area contributed by atoms with Crippen LogP contribution in [0.25, 0.3) is 10.8 Å².